The summed E-state index contributed by atoms with van der Waals surface area (Å²) in [5.74, 6) is 0.701. The van der Waals surface area contributed by atoms with Gasteiger partial charge < -0.3 is 24.2 Å². The zero-order valence-corrected chi connectivity index (χ0v) is 28.2. The third-order valence-electron chi connectivity index (χ3n) is 9.01. The van der Waals surface area contributed by atoms with Crippen molar-refractivity contribution in [1.29, 1.82) is 0 Å². The van der Waals surface area contributed by atoms with Crippen LogP contribution in [0.2, 0.25) is 0 Å². The number of aromatic hydroxyl groups is 1. The first-order valence-corrected chi connectivity index (χ1v) is 17.2. The van der Waals surface area contributed by atoms with Crippen LogP contribution in [0.1, 0.15) is 71.6 Å². The first-order valence-electron chi connectivity index (χ1n) is 17.2. The van der Waals surface area contributed by atoms with E-state index >= 15 is 0 Å². The maximum absolute atomic E-state index is 13.0. The minimum Gasteiger partial charge on any atom is -0.508 e. The predicted octanol–water partition coefficient (Wildman–Crippen LogP) is 6.78. The number of benzene rings is 4. The highest BCUT2D eigenvalue weighted by Crippen LogP contribution is 2.36. The Morgan fingerprint density at radius 1 is 0.780 bits per heavy atom. The predicted molar refractivity (Wildman–Crippen MR) is 191 cm³/mol. The fraction of sp³-hybridized carbons (Fsp3) is 0.293. The summed E-state index contributed by atoms with van der Waals surface area (Å²) in [6.07, 6.45) is 2.81. The highest BCUT2D eigenvalue weighted by atomic mass is 16.5. The molecule has 9 nitrogen and oxygen atoms in total. The molecule has 0 aromatic heterocycles. The van der Waals surface area contributed by atoms with E-state index in [1.54, 1.807) is 24.3 Å². The van der Waals surface area contributed by atoms with Crippen LogP contribution in [0.25, 0.3) is 11.1 Å². The summed E-state index contributed by atoms with van der Waals surface area (Å²) in [4.78, 5) is 38.5. The smallest absolute Gasteiger partial charge is 0.255 e. The van der Waals surface area contributed by atoms with E-state index in [0.717, 1.165) is 40.9 Å². The van der Waals surface area contributed by atoms with Crippen LogP contribution < -0.4 is 14.8 Å². The molecule has 4 aromatic carbocycles. The molecule has 50 heavy (non-hydrogen) atoms. The van der Waals surface area contributed by atoms with Crippen molar-refractivity contribution in [3.63, 3.8) is 0 Å². The maximum atomic E-state index is 13.0. The highest BCUT2D eigenvalue weighted by molar-refractivity contribution is 6.05. The lowest BCUT2D eigenvalue weighted by Gasteiger charge is -2.29. The number of nitrogens with zero attached hydrogens (tertiary/aromatic N) is 1. The molecule has 2 heterocycles. The van der Waals surface area contributed by atoms with Gasteiger partial charge in [0.15, 0.2) is 0 Å². The first-order chi connectivity index (χ1) is 24.4. The van der Waals surface area contributed by atoms with Gasteiger partial charge in [0, 0.05) is 43.6 Å². The molecule has 0 bridgehead atoms. The number of piperidine rings is 1. The lowest BCUT2D eigenvalue weighted by molar-refractivity contribution is -0.136. The van der Waals surface area contributed by atoms with Gasteiger partial charge in [-0.05, 0) is 77.1 Å². The Balaban J connectivity index is 0.943. The standard InChI is InChI=1S/C41H42N2O7/c1-2-33(28-9-4-3-5-10-28)39(29-13-17-31(44)18-14-29)30-15-19-32(20-16-30)49-25-7-23-48-24-8-26-50-37-12-6-11-34-35(37)27-43(41(34)47)36-21-22-38(45)42-40(36)46/h3-6,9-20,36,44H,2,7-8,21-27H2,1H3,(H,42,45,46)/b39-33-. The molecular formula is C41H42N2O7. The van der Waals surface area contributed by atoms with Gasteiger partial charge >= 0.3 is 0 Å². The van der Waals surface area contributed by atoms with Crippen LogP contribution in [0.4, 0.5) is 0 Å². The molecule has 1 atom stereocenters. The van der Waals surface area contributed by atoms with Crippen molar-refractivity contribution in [3.8, 4) is 17.2 Å². The molecule has 3 amide bonds. The first kappa shape index (κ1) is 34.5. The van der Waals surface area contributed by atoms with Crippen LogP contribution in [0.3, 0.4) is 0 Å². The molecule has 0 spiro atoms. The zero-order valence-electron chi connectivity index (χ0n) is 28.2. The lowest BCUT2D eigenvalue weighted by Crippen LogP contribution is -2.52. The molecule has 1 saturated heterocycles. The Morgan fingerprint density at radius 2 is 1.46 bits per heavy atom. The van der Waals surface area contributed by atoms with Crippen LogP contribution >= 0.6 is 0 Å². The molecule has 0 aliphatic carbocycles. The van der Waals surface area contributed by atoms with Gasteiger partial charge in [0.1, 0.15) is 23.3 Å². The number of phenolic OH excluding ortho intramolecular Hbond substituents is 1. The van der Waals surface area contributed by atoms with E-state index in [9.17, 15) is 19.5 Å². The second kappa shape index (κ2) is 16.3. The van der Waals surface area contributed by atoms with E-state index < -0.39 is 11.9 Å². The number of carbonyl (C=O) groups excluding carboxylic acids is 3. The number of carbonyl (C=O) groups is 3. The second-order valence-corrected chi connectivity index (χ2v) is 12.3. The number of amides is 3. The Morgan fingerprint density at radius 3 is 2.14 bits per heavy atom. The van der Waals surface area contributed by atoms with E-state index in [4.69, 9.17) is 14.2 Å². The summed E-state index contributed by atoms with van der Waals surface area (Å²) in [6, 6.07) is 30.6. The molecule has 2 aliphatic rings. The minimum atomic E-state index is -0.655. The van der Waals surface area contributed by atoms with E-state index in [2.05, 4.69) is 48.6 Å². The van der Waals surface area contributed by atoms with E-state index in [1.807, 2.05) is 36.4 Å². The van der Waals surface area contributed by atoms with Gasteiger partial charge in [0.2, 0.25) is 11.8 Å². The fourth-order valence-electron chi connectivity index (χ4n) is 6.51. The van der Waals surface area contributed by atoms with Crippen LogP contribution in [-0.2, 0) is 20.9 Å². The maximum Gasteiger partial charge on any atom is 0.255 e. The Bertz CT molecular complexity index is 1840. The van der Waals surface area contributed by atoms with Crippen molar-refractivity contribution in [3.05, 3.63) is 125 Å². The van der Waals surface area contributed by atoms with Gasteiger partial charge in [0.05, 0.1) is 19.8 Å². The number of phenols is 1. The summed E-state index contributed by atoms with van der Waals surface area (Å²) in [7, 11) is 0. The number of imide groups is 1. The number of hydrogen-bond acceptors (Lipinski definition) is 7. The van der Waals surface area contributed by atoms with Crippen LogP contribution in [-0.4, -0.2) is 60.2 Å². The van der Waals surface area contributed by atoms with E-state index in [-0.39, 0.29) is 30.5 Å². The zero-order chi connectivity index (χ0) is 34.9. The van der Waals surface area contributed by atoms with E-state index in [0.29, 0.717) is 50.6 Å². The summed E-state index contributed by atoms with van der Waals surface area (Å²) in [6.45, 7) is 4.47. The molecular weight excluding hydrogens is 632 g/mol. The van der Waals surface area contributed by atoms with Gasteiger partial charge in [-0.2, -0.15) is 0 Å². The number of ether oxygens (including phenoxy) is 3. The number of rotatable bonds is 15. The SMILES string of the molecule is CC/C(=C(\c1ccc(O)cc1)c1ccc(OCCCOCCCOc2cccc3c2CN(C2CCC(=O)NC2=O)C3=O)cc1)c1ccccc1. The topological polar surface area (TPSA) is 114 Å². The Hall–Kier alpha value is -5.41. The van der Waals surface area contributed by atoms with Gasteiger partial charge in [-0.3, -0.25) is 19.7 Å². The molecule has 2 aliphatic heterocycles. The van der Waals surface area contributed by atoms with Crippen molar-refractivity contribution in [2.75, 3.05) is 26.4 Å². The largest absolute Gasteiger partial charge is 0.508 e. The Kier molecular flexibility index (Phi) is 11.3. The fourth-order valence-corrected chi connectivity index (χ4v) is 6.51. The number of fused-ring (bicyclic) bond motifs is 1. The number of allylic oxidation sites excluding steroid dienone is 1. The van der Waals surface area contributed by atoms with Crippen molar-refractivity contribution in [2.45, 2.75) is 51.6 Å². The van der Waals surface area contributed by atoms with Crippen molar-refractivity contribution >= 4 is 28.9 Å². The van der Waals surface area contributed by atoms with Gasteiger partial charge in [-0.15, -0.1) is 0 Å². The van der Waals surface area contributed by atoms with Crippen LogP contribution in [0.5, 0.6) is 17.2 Å². The van der Waals surface area contributed by atoms with Gasteiger partial charge in [-0.25, -0.2) is 0 Å². The number of hydrogen-bond donors (Lipinski definition) is 2. The van der Waals surface area contributed by atoms with Gasteiger partial charge in [0.25, 0.3) is 5.91 Å². The van der Waals surface area contributed by atoms with Crippen molar-refractivity contribution < 1.29 is 33.7 Å². The summed E-state index contributed by atoms with van der Waals surface area (Å²) in [5, 5.41) is 12.2. The quantitative estimate of drug-likeness (QED) is 0.0812. The third-order valence-corrected chi connectivity index (χ3v) is 9.01. The molecule has 2 N–H and O–H groups in total. The molecule has 6 rings (SSSR count). The third kappa shape index (κ3) is 8.06. The molecule has 4 aromatic rings. The molecule has 1 fully saturated rings. The number of nitrogens with one attached hydrogen (secondary N) is 1. The Labute approximate surface area is 292 Å². The highest BCUT2D eigenvalue weighted by Gasteiger charge is 2.40. The second-order valence-electron chi connectivity index (χ2n) is 12.3. The van der Waals surface area contributed by atoms with Gasteiger partial charge in [-0.1, -0.05) is 67.6 Å². The minimum absolute atomic E-state index is 0.217. The summed E-state index contributed by atoms with van der Waals surface area (Å²) >= 11 is 0. The average Bonchev–Trinajstić information content (AvgIpc) is 3.47. The molecule has 9 heteroatoms. The summed E-state index contributed by atoms with van der Waals surface area (Å²) in [5.41, 5.74) is 6.94. The molecule has 258 valence electrons. The average molecular weight is 675 g/mol. The van der Waals surface area contributed by atoms with Crippen molar-refractivity contribution in [2.24, 2.45) is 0 Å². The van der Waals surface area contributed by atoms with Crippen LogP contribution in [0, 0.1) is 0 Å². The lowest BCUT2D eigenvalue weighted by atomic mass is 9.88. The normalized spacial score (nSPS) is 16.1. The monoisotopic (exact) mass is 674 g/mol. The molecule has 0 radical (unpaired) electrons. The van der Waals surface area contributed by atoms with E-state index in [1.165, 1.54) is 16.0 Å². The molecule has 0 saturated carbocycles. The van der Waals surface area contributed by atoms with Crippen LogP contribution in [0.15, 0.2) is 97.1 Å². The summed E-state index contributed by atoms with van der Waals surface area (Å²) < 4.78 is 17.8. The van der Waals surface area contributed by atoms with Crippen molar-refractivity contribution in [1.82, 2.24) is 10.2 Å². The molecule has 1 unspecified atom stereocenters.